The number of benzene rings is 2. The zero-order chi connectivity index (χ0) is 13.0. The number of rotatable bonds is 2. The molecule has 92 valence electrons. The van der Waals surface area contributed by atoms with Gasteiger partial charge in [0.2, 0.25) is 0 Å². The number of hydrogen-bond donors (Lipinski definition) is 0. The van der Waals surface area contributed by atoms with Gasteiger partial charge in [-0.05, 0) is 44.0 Å². The van der Waals surface area contributed by atoms with Crippen molar-refractivity contribution in [2.24, 2.45) is 4.99 Å². The lowest BCUT2D eigenvalue weighted by Gasteiger charge is -2.05. The topological polar surface area (TPSA) is 12.4 Å². The zero-order valence-electron chi connectivity index (χ0n) is 11.0. The van der Waals surface area contributed by atoms with E-state index in [1.54, 1.807) is 11.8 Å². The average Bonchev–Trinajstić information content (AvgIpc) is 2.35. The van der Waals surface area contributed by atoms with Crippen LogP contribution < -0.4 is 0 Å². The Hall–Kier alpha value is -1.54. The van der Waals surface area contributed by atoms with Gasteiger partial charge in [0.1, 0.15) is 0 Å². The van der Waals surface area contributed by atoms with Crippen molar-refractivity contribution in [3.05, 3.63) is 59.7 Å². The molecule has 0 aromatic heterocycles. The second-order valence-electron chi connectivity index (χ2n) is 4.28. The Morgan fingerprint density at radius 3 is 2.17 bits per heavy atom. The van der Waals surface area contributed by atoms with E-state index in [-0.39, 0.29) is 0 Å². The summed E-state index contributed by atoms with van der Waals surface area (Å²) in [5, 5.41) is 1.07. The summed E-state index contributed by atoms with van der Waals surface area (Å²) in [5.41, 5.74) is 3.56. The minimum absolute atomic E-state index is 1.05. The summed E-state index contributed by atoms with van der Waals surface area (Å²) in [6.07, 6.45) is 0. The lowest BCUT2D eigenvalue weighted by atomic mass is 10.2. The number of nitrogens with zero attached hydrogens (tertiary/aromatic N) is 1. The van der Waals surface area contributed by atoms with Crippen LogP contribution in [0.2, 0.25) is 0 Å². The Kier molecular flexibility index (Phi) is 4.21. The zero-order valence-corrected chi connectivity index (χ0v) is 11.8. The Morgan fingerprint density at radius 1 is 0.889 bits per heavy atom. The van der Waals surface area contributed by atoms with Crippen molar-refractivity contribution in [2.75, 3.05) is 0 Å². The molecular weight excluding hydrogens is 238 g/mol. The van der Waals surface area contributed by atoms with Gasteiger partial charge >= 0.3 is 0 Å². The van der Waals surface area contributed by atoms with Gasteiger partial charge in [0.15, 0.2) is 0 Å². The number of aryl methyl sites for hydroxylation is 2. The molecule has 0 N–H and O–H groups in total. The van der Waals surface area contributed by atoms with Crippen LogP contribution in [0.1, 0.15) is 18.1 Å². The molecule has 0 aliphatic heterocycles. The fourth-order valence-electron chi connectivity index (χ4n) is 1.71. The van der Waals surface area contributed by atoms with Gasteiger partial charge in [-0.3, -0.25) is 0 Å². The molecule has 2 aromatic rings. The quantitative estimate of drug-likeness (QED) is 0.411. The number of aliphatic imine (C=N–C) groups is 1. The van der Waals surface area contributed by atoms with E-state index in [4.69, 9.17) is 0 Å². The third-order valence-electron chi connectivity index (χ3n) is 2.74. The number of thioether (sulfide) groups is 1. The Balaban J connectivity index is 2.20. The summed E-state index contributed by atoms with van der Waals surface area (Å²) < 4.78 is 0. The maximum absolute atomic E-state index is 4.67. The van der Waals surface area contributed by atoms with E-state index in [0.29, 0.717) is 0 Å². The Morgan fingerprint density at radius 2 is 1.50 bits per heavy atom. The summed E-state index contributed by atoms with van der Waals surface area (Å²) in [7, 11) is 0. The van der Waals surface area contributed by atoms with Crippen LogP contribution in [0.25, 0.3) is 0 Å². The van der Waals surface area contributed by atoms with Crippen LogP contribution >= 0.6 is 11.8 Å². The highest BCUT2D eigenvalue weighted by Crippen LogP contribution is 2.26. The minimum Gasteiger partial charge on any atom is -0.246 e. The highest BCUT2D eigenvalue weighted by molar-refractivity contribution is 8.14. The van der Waals surface area contributed by atoms with Gasteiger partial charge < -0.3 is 0 Å². The van der Waals surface area contributed by atoms with E-state index in [9.17, 15) is 0 Å². The lowest BCUT2D eigenvalue weighted by Crippen LogP contribution is -1.86. The fourth-order valence-corrected chi connectivity index (χ4v) is 2.55. The van der Waals surface area contributed by atoms with Crippen molar-refractivity contribution in [1.29, 1.82) is 0 Å². The lowest BCUT2D eigenvalue weighted by molar-refractivity contribution is 1.31. The summed E-state index contributed by atoms with van der Waals surface area (Å²) in [6.45, 7) is 6.28. The van der Waals surface area contributed by atoms with Gasteiger partial charge in [0.25, 0.3) is 0 Å². The van der Waals surface area contributed by atoms with E-state index < -0.39 is 0 Å². The Bertz CT molecular complexity index is 573. The molecular formula is C16H17NS. The molecule has 0 fully saturated rings. The molecule has 0 saturated carbocycles. The van der Waals surface area contributed by atoms with Crippen LogP contribution in [0.3, 0.4) is 0 Å². The summed E-state index contributed by atoms with van der Waals surface area (Å²) in [4.78, 5) is 5.95. The van der Waals surface area contributed by atoms with Gasteiger partial charge in [-0.1, -0.05) is 48.2 Å². The number of hydrogen-bond acceptors (Lipinski definition) is 2. The SMILES string of the molecule is C/C(=N\c1ccccc1C)Sc1ccccc1C. The third kappa shape index (κ3) is 3.23. The molecule has 0 atom stereocenters. The third-order valence-corrected chi connectivity index (χ3v) is 3.81. The molecule has 0 heterocycles. The van der Waals surface area contributed by atoms with E-state index in [1.807, 2.05) is 12.1 Å². The molecule has 2 rings (SSSR count). The largest absolute Gasteiger partial charge is 0.246 e. The molecule has 0 bridgehead atoms. The average molecular weight is 255 g/mol. The smallest absolute Gasteiger partial charge is 0.0755 e. The molecule has 0 amide bonds. The molecule has 2 aromatic carbocycles. The molecule has 0 unspecified atom stereocenters. The monoisotopic (exact) mass is 255 g/mol. The highest BCUT2D eigenvalue weighted by atomic mass is 32.2. The molecule has 0 saturated heterocycles. The normalized spacial score (nSPS) is 11.6. The highest BCUT2D eigenvalue weighted by Gasteiger charge is 2.01. The van der Waals surface area contributed by atoms with Crippen molar-refractivity contribution < 1.29 is 0 Å². The standard InChI is InChI=1S/C16H17NS/c1-12-8-4-6-10-15(12)17-14(3)18-16-11-7-5-9-13(16)2/h4-11H,1-3H3/b17-14+. The first-order valence-corrected chi connectivity index (χ1v) is 6.83. The van der Waals surface area contributed by atoms with Gasteiger partial charge in [-0.25, -0.2) is 4.99 Å². The molecule has 2 heteroatoms. The first kappa shape index (κ1) is 12.9. The van der Waals surface area contributed by atoms with E-state index in [0.717, 1.165) is 10.7 Å². The predicted octanol–water partition coefficient (Wildman–Crippen LogP) is 5.15. The van der Waals surface area contributed by atoms with Crippen LogP contribution in [-0.2, 0) is 0 Å². The Labute approximate surface area is 113 Å². The summed E-state index contributed by atoms with van der Waals surface area (Å²) in [6, 6.07) is 16.6. The van der Waals surface area contributed by atoms with E-state index in [2.05, 4.69) is 62.2 Å². The fraction of sp³-hybridized carbons (Fsp3) is 0.188. The van der Waals surface area contributed by atoms with Crippen LogP contribution in [0.5, 0.6) is 0 Å². The second kappa shape index (κ2) is 5.87. The number of para-hydroxylation sites is 1. The molecule has 0 radical (unpaired) electrons. The van der Waals surface area contributed by atoms with E-state index >= 15 is 0 Å². The molecule has 1 nitrogen and oxygen atoms in total. The second-order valence-corrected chi connectivity index (χ2v) is 5.52. The molecule has 0 aliphatic rings. The maximum atomic E-state index is 4.67. The van der Waals surface area contributed by atoms with Crippen molar-refractivity contribution in [3.63, 3.8) is 0 Å². The van der Waals surface area contributed by atoms with E-state index in [1.165, 1.54) is 16.0 Å². The van der Waals surface area contributed by atoms with Gasteiger partial charge in [0.05, 0.1) is 10.7 Å². The van der Waals surface area contributed by atoms with Crippen molar-refractivity contribution >= 4 is 22.5 Å². The van der Waals surface area contributed by atoms with Crippen LogP contribution in [0.15, 0.2) is 58.4 Å². The van der Waals surface area contributed by atoms with Crippen molar-refractivity contribution in [1.82, 2.24) is 0 Å². The summed E-state index contributed by atoms with van der Waals surface area (Å²) >= 11 is 1.72. The van der Waals surface area contributed by atoms with Crippen molar-refractivity contribution in [2.45, 2.75) is 25.7 Å². The van der Waals surface area contributed by atoms with Crippen LogP contribution in [-0.4, -0.2) is 5.04 Å². The first-order valence-electron chi connectivity index (χ1n) is 6.01. The summed E-state index contributed by atoms with van der Waals surface area (Å²) in [5.74, 6) is 0. The van der Waals surface area contributed by atoms with Gasteiger partial charge in [0, 0.05) is 4.90 Å². The molecule has 0 spiro atoms. The van der Waals surface area contributed by atoms with Crippen LogP contribution in [0.4, 0.5) is 5.69 Å². The predicted molar refractivity (Wildman–Crippen MR) is 81.0 cm³/mol. The molecule has 18 heavy (non-hydrogen) atoms. The minimum atomic E-state index is 1.05. The van der Waals surface area contributed by atoms with Crippen LogP contribution in [0, 0.1) is 13.8 Å². The van der Waals surface area contributed by atoms with Crippen molar-refractivity contribution in [3.8, 4) is 0 Å². The molecule has 0 aliphatic carbocycles. The van der Waals surface area contributed by atoms with Gasteiger partial charge in [-0.15, -0.1) is 0 Å². The van der Waals surface area contributed by atoms with Gasteiger partial charge in [-0.2, -0.15) is 0 Å². The first-order chi connectivity index (χ1) is 8.66. The maximum Gasteiger partial charge on any atom is 0.0755 e.